The van der Waals surface area contributed by atoms with Crippen LogP contribution in [0.2, 0.25) is 0 Å². The van der Waals surface area contributed by atoms with Crippen molar-refractivity contribution in [2.45, 2.75) is 31.7 Å². The molecule has 0 aromatic heterocycles. The zero-order valence-electron chi connectivity index (χ0n) is 10.2. The lowest BCUT2D eigenvalue weighted by atomic mass is 10.3. The monoisotopic (exact) mass is 279 g/mol. The standard InChI is InChI=1S/C10H17NO6S/c1-17-10(14)3-2-6-18(15,16)11(7-9(12)13)8-4-5-8/h8H,2-7H2,1H3,(H,12,13). The Hall–Kier alpha value is -1.15. The fourth-order valence-electron chi connectivity index (χ4n) is 1.57. The number of methoxy groups -OCH3 is 1. The Morgan fingerprint density at radius 1 is 1.39 bits per heavy atom. The van der Waals surface area contributed by atoms with Crippen molar-refractivity contribution in [3.63, 3.8) is 0 Å². The van der Waals surface area contributed by atoms with Crippen LogP contribution >= 0.6 is 0 Å². The van der Waals surface area contributed by atoms with Gasteiger partial charge >= 0.3 is 11.9 Å². The molecule has 8 heteroatoms. The number of carboxylic acids is 1. The first-order valence-electron chi connectivity index (χ1n) is 5.65. The fourth-order valence-corrected chi connectivity index (χ4v) is 3.28. The summed E-state index contributed by atoms with van der Waals surface area (Å²) in [4.78, 5) is 21.5. The second-order valence-electron chi connectivity index (χ2n) is 4.17. The molecule has 18 heavy (non-hydrogen) atoms. The van der Waals surface area contributed by atoms with E-state index in [-0.39, 0.29) is 24.6 Å². The van der Waals surface area contributed by atoms with E-state index in [1.165, 1.54) is 7.11 Å². The average molecular weight is 279 g/mol. The highest BCUT2D eigenvalue weighted by Crippen LogP contribution is 2.29. The third-order valence-corrected chi connectivity index (χ3v) is 4.56. The lowest BCUT2D eigenvalue weighted by Gasteiger charge is -2.19. The first-order chi connectivity index (χ1) is 8.36. The van der Waals surface area contributed by atoms with Crippen LogP contribution in [0, 0.1) is 0 Å². The van der Waals surface area contributed by atoms with Crippen molar-refractivity contribution in [3.8, 4) is 0 Å². The molecule has 7 nitrogen and oxygen atoms in total. The Labute approximate surface area is 106 Å². The third kappa shape index (κ3) is 4.61. The molecule has 0 aromatic carbocycles. The van der Waals surface area contributed by atoms with E-state index in [0.717, 1.165) is 4.31 Å². The number of nitrogens with zero attached hydrogens (tertiary/aromatic N) is 1. The summed E-state index contributed by atoms with van der Waals surface area (Å²) in [6.07, 6.45) is 1.55. The Morgan fingerprint density at radius 3 is 2.44 bits per heavy atom. The molecule has 0 aliphatic heterocycles. The molecular formula is C10H17NO6S. The van der Waals surface area contributed by atoms with Crippen molar-refractivity contribution in [3.05, 3.63) is 0 Å². The van der Waals surface area contributed by atoms with Crippen LogP contribution in [0.25, 0.3) is 0 Å². The van der Waals surface area contributed by atoms with Gasteiger partial charge in [0, 0.05) is 12.5 Å². The summed E-state index contributed by atoms with van der Waals surface area (Å²) in [6.45, 7) is -0.509. The summed E-state index contributed by atoms with van der Waals surface area (Å²) in [7, 11) is -2.38. The molecule has 0 aromatic rings. The molecule has 0 saturated heterocycles. The van der Waals surface area contributed by atoms with E-state index in [9.17, 15) is 18.0 Å². The minimum absolute atomic E-state index is 0.0152. The van der Waals surface area contributed by atoms with Crippen LogP contribution in [0.1, 0.15) is 25.7 Å². The van der Waals surface area contributed by atoms with E-state index in [2.05, 4.69) is 4.74 Å². The highest BCUT2D eigenvalue weighted by Gasteiger charge is 2.38. The molecule has 1 aliphatic rings. The Balaban J connectivity index is 2.53. The van der Waals surface area contributed by atoms with Crippen molar-refractivity contribution in [2.75, 3.05) is 19.4 Å². The second kappa shape index (κ2) is 6.14. The number of hydrogen-bond acceptors (Lipinski definition) is 5. The van der Waals surface area contributed by atoms with Crippen LogP contribution in [0.5, 0.6) is 0 Å². The molecule has 0 atom stereocenters. The Bertz CT molecular complexity index is 414. The summed E-state index contributed by atoms with van der Waals surface area (Å²) in [5.41, 5.74) is 0. The van der Waals surface area contributed by atoms with Gasteiger partial charge in [0.2, 0.25) is 10.0 Å². The van der Waals surface area contributed by atoms with Gasteiger partial charge in [0.15, 0.2) is 0 Å². The number of rotatable bonds is 8. The SMILES string of the molecule is COC(=O)CCCS(=O)(=O)N(CC(=O)O)C1CC1. The number of carbonyl (C=O) groups excluding carboxylic acids is 1. The second-order valence-corrected chi connectivity index (χ2v) is 6.21. The predicted octanol–water partition coefficient (Wildman–Crippen LogP) is -0.182. The van der Waals surface area contributed by atoms with E-state index >= 15 is 0 Å². The average Bonchev–Trinajstić information content (AvgIpc) is 3.08. The molecule has 0 unspecified atom stereocenters. The molecule has 0 spiro atoms. The van der Waals surface area contributed by atoms with Gasteiger partial charge in [0.25, 0.3) is 0 Å². The highest BCUT2D eigenvalue weighted by molar-refractivity contribution is 7.89. The zero-order chi connectivity index (χ0) is 13.8. The molecule has 1 fully saturated rings. The normalized spacial score (nSPS) is 15.7. The van der Waals surface area contributed by atoms with Crippen LogP contribution in [-0.4, -0.2) is 55.2 Å². The summed E-state index contributed by atoms with van der Waals surface area (Å²) < 4.78 is 29.3. The maximum absolute atomic E-state index is 11.9. The third-order valence-electron chi connectivity index (χ3n) is 2.61. The van der Waals surface area contributed by atoms with Gasteiger partial charge in [-0.2, -0.15) is 4.31 Å². The molecule has 0 bridgehead atoms. The number of carboxylic acid groups (broad SMARTS) is 1. The van der Waals surface area contributed by atoms with Gasteiger partial charge < -0.3 is 9.84 Å². The van der Waals surface area contributed by atoms with Crippen LogP contribution in [0.3, 0.4) is 0 Å². The van der Waals surface area contributed by atoms with Crippen molar-refractivity contribution >= 4 is 22.0 Å². The number of esters is 1. The number of ether oxygens (including phenoxy) is 1. The van der Waals surface area contributed by atoms with Crippen LogP contribution in [0.15, 0.2) is 0 Å². The van der Waals surface area contributed by atoms with Crippen molar-refractivity contribution in [1.82, 2.24) is 4.31 Å². The summed E-state index contributed by atoms with van der Waals surface area (Å²) in [6, 6.07) is -0.191. The van der Waals surface area contributed by atoms with Crippen LogP contribution < -0.4 is 0 Å². The molecule has 0 heterocycles. The molecule has 1 rings (SSSR count). The molecule has 1 saturated carbocycles. The van der Waals surface area contributed by atoms with Crippen LogP contribution in [0.4, 0.5) is 0 Å². The van der Waals surface area contributed by atoms with E-state index < -0.39 is 28.5 Å². The van der Waals surface area contributed by atoms with E-state index in [1.807, 2.05) is 0 Å². The van der Waals surface area contributed by atoms with E-state index in [1.54, 1.807) is 0 Å². The number of hydrogen-bond donors (Lipinski definition) is 1. The fraction of sp³-hybridized carbons (Fsp3) is 0.800. The highest BCUT2D eigenvalue weighted by atomic mass is 32.2. The van der Waals surface area contributed by atoms with Crippen molar-refractivity contribution in [2.24, 2.45) is 0 Å². The van der Waals surface area contributed by atoms with Gasteiger partial charge in [-0.1, -0.05) is 0 Å². The number of aliphatic carboxylic acids is 1. The maximum Gasteiger partial charge on any atom is 0.318 e. The van der Waals surface area contributed by atoms with Gasteiger partial charge in [-0.05, 0) is 19.3 Å². The molecule has 0 radical (unpaired) electrons. The van der Waals surface area contributed by atoms with Gasteiger partial charge in [0.1, 0.15) is 6.54 Å². The number of sulfonamides is 1. The largest absolute Gasteiger partial charge is 0.480 e. The first kappa shape index (κ1) is 14.9. The zero-order valence-corrected chi connectivity index (χ0v) is 11.0. The lowest BCUT2D eigenvalue weighted by Crippen LogP contribution is -2.39. The smallest absolute Gasteiger partial charge is 0.318 e. The van der Waals surface area contributed by atoms with Gasteiger partial charge in [-0.15, -0.1) is 0 Å². The molecular weight excluding hydrogens is 262 g/mol. The lowest BCUT2D eigenvalue weighted by molar-refractivity contribution is -0.140. The van der Waals surface area contributed by atoms with E-state index in [0.29, 0.717) is 12.8 Å². The maximum atomic E-state index is 11.9. The molecule has 0 amide bonds. The van der Waals surface area contributed by atoms with Gasteiger partial charge in [-0.3, -0.25) is 9.59 Å². The molecule has 1 aliphatic carbocycles. The van der Waals surface area contributed by atoms with Gasteiger partial charge in [0.05, 0.1) is 12.9 Å². The summed E-state index contributed by atoms with van der Waals surface area (Å²) in [5.74, 6) is -1.87. The summed E-state index contributed by atoms with van der Waals surface area (Å²) in [5, 5.41) is 8.70. The molecule has 104 valence electrons. The van der Waals surface area contributed by atoms with E-state index in [4.69, 9.17) is 5.11 Å². The minimum Gasteiger partial charge on any atom is -0.480 e. The first-order valence-corrected chi connectivity index (χ1v) is 7.26. The predicted molar refractivity (Wildman–Crippen MR) is 62.4 cm³/mol. The van der Waals surface area contributed by atoms with Crippen LogP contribution in [-0.2, 0) is 24.3 Å². The number of carbonyl (C=O) groups is 2. The Morgan fingerprint density at radius 2 is 2.00 bits per heavy atom. The van der Waals surface area contributed by atoms with Gasteiger partial charge in [-0.25, -0.2) is 8.42 Å². The minimum atomic E-state index is -3.61. The Kier molecular flexibility index (Phi) is 5.09. The topological polar surface area (TPSA) is 101 Å². The quantitative estimate of drug-likeness (QED) is 0.618. The van der Waals surface area contributed by atoms with Crippen molar-refractivity contribution in [1.29, 1.82) is 0 Å². The van der Waals surface area contributed by atoms with Crippen molar-refractivity contribution < 1.29 is 27.9 Å². The molecule has 1 N–H and O–H groups in total. The summed E-state index contributed by atoms with van der Waals surface area (Å²) >= 11 is 0.